The molecular weight excluding hydrogens is 615 g/mol. The van der Waals surface area contributed by atoms with Gasteiger partial charge in [0.2, 0.25) is 0 Å². The summed E-state index contributed by atoms with van der Waals surface area (Å²) in [5, 5.41) is 0.755. The summed E-state index contributed by atoms with van der Waals surface area (Å²) in [6, 6.07) is 14.8. The quantitative estimate of drug-likeness (QED) is 0.0884. The molecule has 0 spiro atoms. The Balaban J connectivity index is 2.05. The largest absolute Gasteiger partial charge is 0.534 e. The molecule has 3 aromatic rings. The second kappa shape index (κ2) is 13.5. The van der Waals surface area contributed by atoms with E-state index >= 15 is 0 Å². The van der Waals surface area contributed by atoms with Crippen molar-refractivity contribution < 1.29 is 44.8 Å². The number of halogens is 3. The third kappa shape index (κ3) is 7.56. The standard InChI is InChI=1S/C31H38F3NO7SSi/c1-39-26(40-2)19-25-28(35(20-21-11-7-6-8-12-21)30(36)41-17-18-44(3,4)5)23-15-9-13-22-14-10-16-24(27(22)23)29(25)42-43(37,38)31(32,33)34/h6-8,10-12,14,16,26H,9,13,15,17-20H2,1-5H3. The minimum absolute atomic E-state index is 0.0103. The summed E-state index contributed by atoms with van der Waals surface area (Å²) in [7, 11) is -4.96. The summed E-state index contributed by atoms with van der Waals surface area (Å²) in [5.74, 6) is -0.521. The number of ether oxygens (including phenoxy) is 3. The molecule has 0 aliphatic heterocycles. The molecule has 0 radical (unpaired) electrons. The third-order valence-electron chi connectivity index (χ3n) is 7.54. The lowest BCUT2D eigenvalue weighted by Crippen LogP contribution is -2.35. The molecule has 13 heteroatoms. The lowest BCUT2D eigenvalue weighted by Gasteiger charge is -2.33. The predicted molar refractivity (Wildman–Crippen MR) is 165 cm³/mol. The van der Waals surface area contributed by atoms with E-state index in [-0.39, 0.29) is 36.2 Å². The van der Waals surface area contributed by atoms with Gasteiger partial charge in [0.15, 0.2) is 12.0 Å². The fraction of sp³-hybridized carbons (Fsp3) is 0.452. The van der Waals surface area contributed by atoms with Gasteiger partial charge in [0.25, 0.3) is 0 Å². The van der Waals surface area contributed by atoms with Crippen LogP contribution in [0.4, 0.5) is 23.7 Å². The van der Waals surface area contributed by atoms with Gasteiger partial charge >= 0.3 is 21.7 Å². The molecule has 0 fully saturated rings. The maximum Gasteiger partial charge on any atom is 0.534 e. The SMILES string of the molecule is COC(Cc1c(N(Cc2ccccc2)C(=O)OCC[Si](C)(C)C)c2c3c(cccc3c1OS(=O)(=O)C(F)(F)F)CCC2)OC. The maximum absolute atomic E-state index is 14.0. The van der Waals surface area contributed by atoms with E-state index in [1.807, 2.05) is 36.4 Å². The van der Waals surface area contributed by atoms with Gasteiger partial charge in [0.1, 0.15) is 0 Å². The van der Waals surface area contributed by atoms with Crippen LogP contribution in [-0.4, -0.2) is 55.2 Å². The number of anilines is 1. The van der Waals surface area contributed by atoms with Crippen molar-refractivity contribution >= 4 is 40.7 Å². The lowest BCUT2D eigenvalue weighted by atomic mass is 9.84. The highest BCUT2D eigenvalue weighted by Crippen LogP contribution is 2.48. The first-order valence-corrected chi connectivity index (χ1v) is 19.4. The van der Waals surface area contributed by atoms with Crippen LogP contribution < -0.4 is 9.08 Å². The Morgan fingerprint density at radius 1 is 1.00 bits per heavy atom. The molecule has 8 nitrogen and oxygen atoms in total. The van der Waals surface area contributed by atoms with E-state index in [2.05, 4.69) is 19.6 Å². The minimum Gasteiger partial charge on any atom is -0.449 e. The first-order valence-electron chi connectivity index (χ1n) is 14.3. The van der Waals surface area contributed by atoms with Gasteiger partial charge in [0.05, 0.1) is 18.8 Å². The summed E-state index contributed by atoms with van der Waals surface area (Å²) in [4.78, 5) is 15.4. The zero-order valence-electron chi connectivity index (χ0n) is 25.5. The highest BCUT2D eigenvalue weighted by molar-refractivity contribution is 7.88. The topological polar surface area (TPSA) is 91.4 Å². The monoisotopic (exact) mass is 653 g/mol. The number of amides is 1. The molecule has 240 valence electrons. The van der Waals surface area contributed by atoms with Crippen molar-refractivity contribution in [3.8, 4) is 5.75 Å². The molecular formula is C31H38F3NO7SSi. The third-order valence-corrected chi connectivity index (χ3v) is 10.2. The fourth-order valence-electron chi connectivity index (χ4n) is 5.34. The van der Waals surface area contributed by atoms with Crippen molar-refractivity contribution in [3.63, 3.8) is 0 Å². The smallest absolute Gasteiger partial charge is 0.449 e. The molecule has 0 aromatic heterocycles. The van der Waals surface area contributed by atoms with E-state index in [9.17, 15) is 26.4 Å². The normalized spacial score (nSPS) is 13.8. The van der Waals surface area contributed by atoms with Crippen LogP contribution in [0.2, 0.25) is 25.7 Å². The van der Waals surface area contributed by atoms with Crippen LogP contribution in [0.5, 0.6) is 5.75 Å². The fourth-order valence-corrected chi connectivity index (χ4v) is 6.56. The molecule has 0 atom stereocenters. The van der Waals surface area contributed by atoms with Crippen LogP contribution in [0.25, 0.3) is 10.8 Å². The van der Waals surface area contributed by atoms with E-state index in [0.29, 0.717) is 36.3 Å². The number of carbonyl (C=O) groups excluding carboxylic acids is 1. The minimum atomic E-state index is -6.09. The van der Waals surface area contributed by atoms with E-state index < -0.39 is 41.8 Å². The van der Waals surface area contributed by atoms with Gasteiger partial charge in [-0.2, -0.15) is 21.6 Å². The second-order valence-electron chi connectivity index (χ2n) is 11.9. The van der Waals surface area contributed by atoms with Crippen molar-refractivity contribution in [1.82, 2.24) is 0 Å². The zero-order chi connectivity index (χ0) is 32.3. The number of hydrogen-bond acceptors (Lipinski definition) is 7. The van der Waals surface area contributed by atoms with Crippen LogP contribution in [-0.2, 0) is 50.1 Å². The number of alkyl halides is 3. The Morgan fingerprint density at radius 3 is 2.30 bits per heavy atom. The number of methoxy groups -OCH3 is 2. The number of rotatable bonds is 12. The Hall–Kier alpha value is -3.13. The van der Waals surface area contributed by atoms with E-state index in [1.54, 1.807) is 6.07 Å². The van der Waals surface area contributed by atoms with Gasteiger partial charge < -0.3 is 18.4 Å². The number of nitrogens with zero attached hydrogens (tertiary/aromatic N) is 1. The van der Waals surface area contributed by atoms with Gasteiger partial charge in [-0.05, 0) is 47.4 Å². The van der Waals surface area contributed by atoms with E-state index in [1.165, 1.54) is 25.2 Å². The molecule has 0 bridgehead atoms. The first-order chi connectivity index (χ1) is 20.7. The van der Waals surface area contributed by atoms with Gasteiger partial charge in [-0.3, -0.25) is 4.90 Å². The maximum atomic E-state index is 14.0. The molecule has 0 N–H and O–H groups in total. The Kier molecular flexibility index (Phi) is 10.3. The molecule has 1 aliphatic rings. The number of hydrogen-bond donors (Lipinski definition) is 0. The van der Waals surface area contributed by atoms with E-state index in [0.717, 1.165) is 11.1 Å². The Morgan fingerprint density at radius 2 is 1.68 bits per heavy atom. The van der Waals surface area contributed by atoms with Crippen molar-refractivity contribution in [2.45, 2.75) is 69.7 Å². The number of carbonyl (C=O) groups is 1. The van der Waals surface area contributed by atoms with Crippen LogP contribution in [0.15, 0.2) is 48.5 Å². The van der Waals surface area contributed by atoms with Crippen molar-refractivity contribution in [3.05, 3.63) is 70.8 Å². The van der Waals surface area contributed by atoms with Crippen molar-refractivity contribution in [1.29, 1.82) is 0 Å². The van der Waals surface area contributed by atoms with Crippen molar-refractivity contribution in [2.75, 3.05) is 25.7 Å². The summed E-state index contributed by atoms with van der Waals surface area (Å²) in [6.45, 7) is 6.62. The summed E-state index contributed by atoms with van der Waals surface area (Å²) < 4.78 is 87.9. The Bertz CT molecular complexity index is 1590. The van der Waals surface area contributed by atoms with Gasteiger partial charge in [-0.15, -0.1) is 0 Å². The van der Waals surface area contributed by atoms with Crippen LogP contribution >= 0.6 is 0 Å². The number of aryl methyl sites for hydroxylation is 2. The number of benzene rings is 3. The molecule has 0 saturated heterocycles. The van der Waals surface area contributed by atoms with Gasteiger partial charge in [-0.25, -0.2) is 4.79 Å². The molecule has 0 heterocycles. The molecule has 1 amide bonds. The highest BCUT2D eigenvalue weighted by atomic mass is 32.2. The van der Waals surface area contributed by atoms with Crippen LogP contribution in [0.1, 0.15) is 28.7 Å². The van der Waals surface area contributed by atoms with Gasteiger partial charge in [-0.1, -0.05) is 68.2 Å². The average Bonchev–Trinajstić information content (AvgIpc) is 2.96. The zero-order valence-corrected chi connectivity index (χ0v) is 27.3. The molecule has 44 heavy (non-hydrogen) atoms. The second-order valence-corrected chi connectivity index (χ2v) is 19.1. The molecule has 0 unspecified atom stereocenters. The predicted octanol–water partition coefficient (Wildman–Crippen LogP) is 7.20. The average molecular weight is 654 g/mol. The van der Waals surface area contributed by atoms with Crippen LogP contribution in [0, 0.1) is 0 Å². The molecule has 4 rings (SSSR count). The lowest BCUT2D eigenvalue weighted by molar-refractivity contribution is -0.100. The first kappa shape index (κ1) is 33.8. The summed E-state index contributed by atoms with van der Waals surface area (Å²) in [6.07, 6.45) is -0.106. The molecule has 1 aliphatic carbocycles. The Labute approximate surface area is 257 Å². The summed E-state index contributed by atoms with van der Waals surface area (Å²) >= 11 is 0. The molecule has 3 aromatic carbocycles. The van der Waals surface area contributed by atoms with E-state index in [4.69, 9.17) is 18.4 Å². The summed E-state index contributed by atoms with van der Waals surface area (Å²) in [5.41, 5.74) is -3.18. The molecule has 0 saturated carbocycles. The van der Waals surface area contributed by atoms with Gasteiger partial charge in [0, 0.05) is 39.7 Å². The highest BCUT2D eigenvalue weighted by Gasteiger charge is 2.49. The van der Waals surface area contributed by atoms with Crippen LogP contribution in [0.3, 0.4) is 0 Å². The van der Waals surface area contributed by atoms with Crippen molar-refractivity contribution in [2.24, 2.45) is 0 Å².